The highest BCUT2D eigenvalue weighted by molar-refractivity contribution is 5.70. The number of imidazole rings is 1. The second-order valence-electron chi connectivity index (χ2n) is 9.57. The lowest BCUT2D eigenvalue weighted by molar-refractivity contribution is -0.190. The maximum Gasteiger partial charge on any atom is 0.419 e. The summed E-state index contributed by atoms with van der Waals surface area (Å²) in [6.45, 7) is 7.61. The van der Waals surface area contributed by atoms with Crippen molar-refractivity contribution < 1.29 is 38.0 Å². The molecule has 1 saturated carbocycles. The third-order valence-electron chi connectivity index (χ3n) is 6.18. The fourth-order valence-electron chi connectivity index (χ4n) is 4.81. The van der Waals surface area contributed by atoms with Crippen molar-refractivity contribution in [3.8, 4) is 5.75 Å². The molecule has 0 bridgehead atoms. The maximum atomic E-state index is 12.8. The molecule has 3 aliphatic rings. The van der Waals surface area contributed by atoms with Gasteiger partial charge in [0.25, 0.3) is 0 Å². The number of carbonyl (C=O) groups is 1. The van der Waals surface area contributed by atoms with E-state index >= 15 is 0 Å². The quantitative estimate of drug-likeness (QED) is 0.648. The molecule has 3 heterocycles. The molecule has 0 amide bonds. The molecule has 4 atom stereocenters. The second kappa shape index (κ2) is 8.62. The van der Waals surface area contributed by atoms with E-state index < -0.39 is 54.3 Å². The normalized spacial score (nSPS) is 33.2. The number of methoxy groups -OCH3 is 1. The van der Waals surface area contributed by atoms with Crippen molar-refractivity contribution in [1.82, 2.24) is 9.55 Å². The van der Waals surface area contributed by atoms with Crippen LogP contribution in [0.3, 0.4) is 0 Å². The van der Waals surface area contributed by atoms with E-state index in [4.69, 9.17) is 33.2 Å². The van der Waals surface area contributed by atoms with Gasteiger partial charge in [-0.05, 0) is 45.4 Å². The van der Waals surface area contributed by atoms with Crippen LogP contribution in [0, 0.1) is 0 Å². The molecule has 184 valence electrons. The minimum Gasteiger partial charge on any atom is -0.497 e. The number of fused-ring (bicyclic) bond motifs is 2. The third-order valence-corrected chi connectivity index (χ3v) is 6.18. The van der Waals surface area contributed by atoms with Gasteiger partial charge in [0.15, 0.2) is 17.7 Å². The van der Waals surface area contributed by atoms with Gasteiger partial charge in [-0.1, -0.05) is 12.1 Å². The topological polar surface area (TPSA) is 99.5 Å². The predicted octanol–water partition coefficient (Wildman–Crippen LogP) is 2.88. The highest BCUT2D eigenvalue weighted by Crippen LogP contribution is 2.46. The Morgan fingerprint density at radius 2 is 1.50 bits per heavy atom. The first kappa shape index (κ1) is 23.3. The smallest absolute Gasteiger partial charge is 0.419 e. The van der Waals surface area contributed by atoms with Crippen LogP contribution in [0.25, 0.3) is 0 Å². The van der Waals surface area contributed by atoms with Gasteiger partial charge in [-0.15, -0.1) is 0 Å². The van der Waals surface area contributed by atoms with E-state index in [9.17, 15) is 4.79 Å². The van der Waals surface area contributed by atoms with Gasteiger partial charge in [0.1, 0.15) is 42.6 Å². The molecule has 0 spiro atoms. The number of carbonyl (C=O) groups excluding carboxylic acids is 1. The van der Waals surface area contributed by atoms with Gasteiger partial charge < -0.3 is 33.2 Å². The summed E-state index contributed by atoms with van der Waals surface area (Å²) in [5.74, 6) is -1.02. The molecule has 1 aromatic heterocycles. The Morgan fingerprint density at radius 1 is 0.941 bits per heavy atom. The molecule has 2 aliphatic heterocycles. The van der Waals surface area contributed by atoms with E-state index in [1.165, 1.54) is 23.3 Å². The first-order chi connectivity index (χ1) is 16.2. The van der Waals surface area contributed by atoms with Crippen molar-refractivity contribution in [3.05, 3.63) is 48.5 Å². The summed E-state index contributed by atoms with van der Waals surface area (Å²) in [5, 5.41) is 0. The summed E-state index contributed by atoms with van der Waals surface area (Å²) >= 11 is 0. The molecule has 2 aromatic rings. The summed E-state index contributed by atoms with van der Waals surface area (Å²) in [4.78, 5) is 16.7. The minimum absolute atomic E-state index is 0.328. The number of rotatable bonds is 5. The minimum atomic E-state index is -0.898. The monoisotopic (exact) mass is 474 g/mol. The van der Waals surface area contributed by atoms with Crippen molar-refractivity contribution in [2.24, 2.45) is 0 Å². The zero-order valence-electron chi connectivity index (χ0n) is 19.9. The summed E-state index contributed by atoms with van der Waals surface area (Å²) in [6, 6.07) is 7.65. The van der Waals surface area contributed by atoms with Crippen LogP contribution in [0.4, 0.5) is 4.79 Å². The van der Waals surface area contributed by atoms with Gasteiger partial charge in [0, 0.05) is 12.4 Å². The summed E-state index contributed by atoms with van der Waals surface area (Å²) in [6.07, 6.45) is 0.258. The van der Waals surface area contributed by atoms with E-state index in [-0.39, 0.29) is 0 Å². The van der Waals surface area contributed by atoms with E-state index in [0.29, 0.717) is 6.61 Å². The van der Waals surface area contributed by atoms with Crippen LogP contribution >= 0.6 is 0 Å². The number of benzene rings is 1. The molecular formula is C24H30N2O8. The number of ether oxygens (including phenoxy) is 7. The molecule has 1 aliphatic carbocycles. The van der Waals surface area contributed by atoms with Crippen molar-refractivity contribution in [2.75, 3.05) is 7.11 Å². The van der Waals surface area contributed by atoms with Crippen molar-refractivity contribution >= 4 is 6.09 Å². The molecule has 0 unspecified atom stereocenters. The van der Waals surface area contributed by atoms with Crippen LogP contribution in [0.5, 0.6) is 5.75 Å². The molecule has 0 N–H and O–H groups in total. The van der Waals surface area contributed by atoms with Crippen LogP contribution in [-0.2, 0) is 35.0 Å². The van der Waals surface area contributed by atoms with Gasteiger partial charge in [-0.25, -0.2) is 14.3 Å². The lowest BCUT2D eigenvalue weighted by Crippen LogP contribution is -2.63. The molecule has 10 heteroatoms. The Labute approximate surface area is 198 Å². The summed E-state index contributed by atoms with van der Waals surface area (Å²) in [5.41, 5.74) is 0.971. The van der Waals surface area contributed by atoms with Gasteiger partial charge in [0.05, 0.1) is 13.7 Å². The van der Waals surface area contributed by atoms with Crippen LogP contribution in [0.15, 0.2) is 43.0 Å². The molecule has 34 heavy (non-hydrogen) atoms. The van der Waals surface area contributed by atoms with Crippen LogP contribution in [-0.4, -0.2) is 71.0 Å². The van der Waals surface area contributed by atoms with Crippen LogP contribution in [0.2, 0.25) is 0 Å². The van der Waals surface area contributed by atoms with Crippen molar-refractivity contribution in [2.45, 2.75) is 82.5 Å². The van der Waals surface area contributed by atoms with E-state index in [1.54, 1.807) is 7.11 Å². The van der Waals surface area contributed by atoms with Gasteiger partial charge in [-0.2, -0.15) is 0 Å². The largest absolute Gasteiger partial charge is 0.497 e. The predicted molar refractivity (Wildman–Crippen MR) is 117 cm³/mol. The fraction of sp³-hybridized carbons (Fsp3) is 0.583. The Morgan fingerprint density at radius 3 is 2.00 bits per heavy atom. The lowest BCUT2D eigenvalue weighted by Gasteiger charge is -2.42. The second-order valence-corrected chi connectivity index (χ2v) is 9.57. The van der Waals surface area contributed by atoms with E-state index in [1.807, 2.05) is 52.0 Å². The Balaban J connectivity index is 1.41. The molecule has 3 fully saturated rings. The molecule has 10 nitrogen and oxygen atoms in total. The first-order valence-corrected chi connectivity index (χ1v) is 11.3. The average molecular weight is 475 g/mol. The Bertz CT molecular complexity index is 974. The first-order valence-electron chi connectivity index (χ1n) is 11.3. The SMILES string of the molecule is COc1ccc(CO[C@H]2[C@@H]3OC(C)(C)O[C@H]3[C@H](OC(=O)n3ccnc3)[C@@H]3OC(C)(C)O[C@@H]23)cc1. The molecular weight excluding hydrogens is 444 g/mol. The lowest BCUT2D eigenvalue weighted by atomic mass is 9.84. The summed E-state index contributed by atoms with van der Waals surface area (Å²) < 4.78 is 43.7. The van der Waals surface area contributed by atoms with Gasteiger partial charge in [-0.3, -0.25) is 0 Å². The number of aromatic nitrogens is 2. The van der Waals surface area contributed by atoms with Crippen molar-refractivity contribution in [3.63, 3.8) is 0 Å². The van der Waals surface area contributed by atoms with E-state index in [0.717, 1.165) is 11.3 Å². The molecule has 1 aromatic carbocycles. The van der Waals surface area contributed by atoms with E-state index in [2.05, 4.69) is 4.98 Å². The Hall–Kier alpha value is -2.50. The number of hydrogen-bond acceptors (Lipinski definition) is 9. The third kappa shape index (κ3) is 4.44. The number of hydrogen-bond donors (Lipinski definition) is 0. The standard InChI is InChI=1S/C24H30N2O8/c1-23(2)31-18-16(29-12-14-6-8-15(28-5)9-7-14)19-21(34-24(3,4)32-19)17(20(18)33-23)30-22(27)26-11-10-25-13-26/h6-11,13,16-21H,12H2,1-5H3/t16-,17-,18-,19-,20-,21-/m0/s1. The Kier molecular flexibility index (Phi) is 5.89. The van der Waals surface area contributed by atoms with Gasteiger partial charge >= 0.3 is 6.09 Å². The average Bonchev–Trinajstić information content (AvgIpc) is 3.50. The zero-order chi connectivity index (χ0) is 24.1. The van der Waals surface area contributed by atoms with Crippen LogP contribution in [0.1, 0.15) is 33.3 Å². The molecule has 0 radical (unpaired) electrons. The highest BCUT2D eigenvalue weighted by atomic mass is 16.8. The van der Waals surface area contributed by atoms with Gasteiger partial charge in [0.2, 0.25) is 0 Å². The maximum absolute atomic E-state index is 12.8. The molecule has 5 rings (SSSR count). The van der Waals surface area contributed by atoms with Crippen molar-refractivity contribution in [1.29, 1.82) is 0 Å². The fourth-order valence-corrected chi connectivity index (χ4v) is 4.81. The number of nitrogens with zero attached hydrogens (tertiary/aromatic N) is 2. The van der Waals surface area contributed by atoms with Crippen LogP contribution < -0.4 is 4.74 Å². The summed E-state index contributed by atoms with van der Waals surface area (Å²) in [7, 11) is 1.63. The molecule has 2 saturated heterocycles. The highest BCUT2D eigenvalue weighted by Gasteiger charge is 2.65. The zero-order valence-corrected chi connectivity index (χ0v) is 19.9.